The van der Waals surface area contributed by atoms with Crippen molar-refractivity contribution in [1.29, 1.82) is 0 Å². The van der Waals surface area contributed by atoms with E-state index < -0.39 is 41.6 Å². The minimum absolute atomic E-state index is 0.0117. The average molecular weight is 514 g/mol. The summed E-state index contributed by atoms with van der Waals surface area (Å²) in [4.78, 5) is 47.6. The van der Waals surface area contributed by atoms with E-state index in [4.69, 9.17) is 15.6 Å². The van der Waals surface area contributed by atoms with E-state index in [0.717, 1.165) is 19.3 Å². The fourth-order valence-electron chi connectivity index (χ4n) is 4.00. The van der Waals surface area contributed by atoms with E-state index in [1.807, 2.05) is 0 Å². The van der Waals surface area contributed by atoms with E-state index >= 15 is 0 Å². The van der Waals surface area contributed by atoms with Crippen LogP contribution >= 0.6 is 0 Å². The first kappa shape index (κ1) is 33.7. The van der Waals surface area contributed by atoms with E-state index in [0.29, 0.717) is 6.42 Å². The number of amides is 3. The molecule has 0 unspecified atom stereocenters. The zero-order chi connectivity index (χ0) is 27.4. The van der Waals surface area contributed by atoms with Gasteiger partial charge in [0.2, 0.25) is 11.8 Å². The summed E-state index contributed by atoms with van der Waals surface area (Å²) in [7, 11) is 0. The maximum Gasteiger partial charge on any atom is 0.408 e. The van der Waals surface area contributed by atoms with Crippen LogP contribution in [0.25, 0.3) is 0 Å². The minimum Gasteiger partial charge on any atom is -0.481 e. The summed E-state index contributed by atoms with van der Waals surface area (Å²) in [6.45, 7) is 7.36. The monoisotopic (exact) mass is 513 g/mol. The number of hydrogen-bond donors (Lipinski definition) is 4. The van der Waals surface area contributed by atoms with Gasteiger partial charge in [0.05, 0.1) is 0 Å². The molecule has 0 bridgehead atoms. The van der Waals surface area contributed by atoms with Crippen molar-refractivity contribution in [1.82, 2.24) is 10.6 Å². The number of nitrogens with two attached hydrogens (primary N) is 1. The van der Waals surface area contributed by atoms with Crippen LogP contribution in [0.3, 0.4) is 0 Å². The molecule has 0 spiro atoms. The summed E-state index contributed by atoms with van der Waals surface area (Å²) in [5.41, 5.74) is 4.65. The molecule has 0 aliphatic carbocycles. The first-order valence-corrected chi connectivity index (χ1v) is 13.7. The molecule has 0 saturated carbocycles. The number of hydrogen-bond acceptors (Lipinski definition) is 5. The number of unbranched alkanes of at least 4 members (excludes halogenated alkanes) is 10. The number of ether oxygens (including phenoxy) is 1. The second-order valence-electron chi connectivity index (χ2n) is 10.7. The highest BCUT2D eigenvalue weighted by atomic mass is 16.6. The number of carbonyl (C=O) groups excluding carboxylic acids is 3. The molecule has 0 aromatic rings. The summed E-state index contributed by atoms with van der Waals surface area (Å²) in [5.74, 6) is -1.96. The first-order chi connectivity index (χ1) is 16.9. The van der Waals surface area contributed by atoms with Gasteiger partial charge in [-0.15, -0.1) is 0 Å². The molecule has 210 valence electrons. The first-order valence-electron chi connectivity index (χ1n) is 13.7. The van der Waals surface area contributed by atoms with Gasteiger partial charge in [-0.2, -0.15) is 0 Å². The molecule has 5 N–H and O–H groups in total. The molecule has 36 heavy (non-hydrogen) atoms. The van der Waals surface area contributed by atoms with Crippen molar-refractivity contribution in [2.45, 2.75) is 148 Å². The quantitative estimate of drug-likeness (QED) is 0.155. The van der Waals surface area contributed by atoms with Crippen LogP contribution in [0.15, 0.2) is 0 Å². The van der Waals surface area contributed by atoms with Crippen LogP contribution in [0.4, 0.5) is 4.79 Å². The van der Waals surface area contributed by atoms with Gasteiger partial charge in [0.25, 0.3) is 0 Å². The number of carboxylic acids is 1. The van der Waals surface area contributed by atoms with Crippen LogP contribution in [0.1, 0.15) is 130 Å². The van der Waals surface area contributed by atoms with Gasteiger partial charge in [-0.3, -0.25) is 14.4 Å². The Balaban J connectivity index is 4.64. The molecule has 3 amide bonds. The summed E-state index contributed by atoms with van der Waals surface area (Å²) >= 11 is 0. The topological polar surface area (TPSA) is 148 Å². The van der Waals surface area contributed by atoms with Gasteiger partial charge in [0, 0.05) is 18.9 Å². The Morgan fingerprint density at radius 1 is 0.806 bits per heavy atom. The molecule has 0 aliphatic rings. The fraction of sp³-hybridized carbons (Fsp3) is 0.852. The maximum atomic E-state index is 12.9. The van der Waals surface area contributed by atoms with E-state index in [1.165, 1.54) is 51.4 Å². The van der Waals surface area contributed by atoms with Crippen molar-refractivity contribution >= 4 is 23.9 Å². The van der Waals surface area contributed by atoms with Crippen LogP contribution in [-0.2, 0) is 19.1 Å². The third-order valence-corrected chi connectivity index (χ3v) is 5.84. The summed E-state index contributed by atoms with van der Waals surface area (Å²) in [6, 6.07) is -1.40. The highest BCUT2D eigenvalue weighted by Crippen LogP contribution is 2.14. The van der Waals surface area contributed by atoms with Crippen molar-refractivity contribution in [3.63, 3.8) is 0 Å². The largest absolute Gasteiger partial charge is 0.481 e. The van der Waals surface area contributed by atoms with Crippen molar-refractivity contribution in [3.05, 3.63) is 0 Å². The van der Waals surface area contributed by atoms with Crippen LogP contribution in [-0.4, -0.2) is 46.7 Å². The number of nitrogens with one attached hydrogen (secondary N) is 2. The molecule has 0 aliphatic heterocycles. The van der Waals surface area contributed by atoms with E-state index in [1.54, 1.807) is 20.8 Å². The van der Waals surface area contributed by atoms with Crippen LogP contribution in [0.2, 0.25) is 0 Å². The lowest BCUT2D eigenvalue weighted by Crippen LogP contribution is -2.51. The molecule has 9 heteroatoms. The van der Waals surface area contributed by atoms with Crippen molar-refractivity contribution < 1.29 is 29.0 Å². The zero-order valence-corrected chi connectivity index (χ0v) is 23.0. The van der Waals surface area contributed by atoms with Gasteiger partial charge in [-0.1, -0.05) is 77.6 Å². The molecule has 0 rings (SSSR count). The molecule has 0 aromatic heterocycles. The van der Waals surface area contributed by atoms with Gasteiger partial charge < -0.3 is 26.2 Å². The number of carbonyl (C=O) groups is 4. The Hall–Kier alpha value is -2.32. The second-order valence-corrected chi connectivity index (χ2v) is 10.7. The molecule has 2 atom stereocenters. The summed E-state index contributed by atoms with van der Waals surface area (Å²) in [6.07, 6.45) is 13.3. The lowest BCUT2D eigenvalue weighted by molar-refractivity contribution is -0.137. The normalized spacial score (nSPS) is 13.0. The third kappa shape index (κ3) is 21.0. The highest BCUT2D eigenvalue weighted by molar-refractivity contribution is 5.86. The van der Waals surface area contributed by atoms with Crippen LogP contribution in [0.5, 0.6) is 0 Å². The van der Waals surface area contributed by atoms with Crippen molar-refractivity contribution in [2.75, 3.05) is 0 Å². The van der Waals surface area contributed by atoms with E-state index in [2.05, 4.69) is 17.6 Å². The van der Waals surface area contributed by atoms with Crippen molar-refractivity contribution in [3.8, 4) is 0 Å². The standard InChI is InChI=1S/C27H51N3O6/c1-5-6-7-8-9-10-11-12-13-14-15-17-21(20-23(28)31)29-25(34)22(18-16-19-24(32)33)30-26(35)36-27(2,3)4/h21-22H,5-20H2,1-4H3,(H2,28,31)(H,29,34)(H,30,35)(H,32,33)/t21-,22-/m0/s1. The lowest BCUT2D eigenvalue weighted by Gasteiger charge is -2.25. The number of carboxylic acid groups (broad SMARTS) is 1. The summed E-state index contributed by atoms with van der Waals surface area (Å²) in [5, 5.41) is 14.3. The SMILES string of the molecule is CCCCCCCCCCCCC[C@@H](CC(N)=O)NC(=O)[C@H](CCCC(=O)O)NC(=O)OC(C)(C)C. The zero-order valence-electron chi connectivity index (χ0n) is 23.0. The maximum absolute atomic E-state index is 12.9. The predicted octanol–water partition coefficient (Wildman–Crippen LogP) is 5.20. The van der Waals surface area contributed by atoms with Crippen molar-refractivity contribution in [2.24, 2.45) is 5.73 Å². The van der Waals surface area contributed by atoms with Gasteiger partial charge in [-0.05, 0) is 40.0 Å². The smallest absolute Gasteiger partial charge is 0.408 e. The Morgan fingerprint density at radius 3 is 1.81 bits per heavy atom. The third-order valence-electron chi connectivity index (χ3n) is 5.84. The molecule has 0 heterocycles. The number of rotatable bonds is 21. The minimum atomic E-state index is -0.977. The van der Waals surface area contributed by atoms with Gasteiger partial charge in [0.1, 0.15) is 11.6 Å². The Kier molecular flexibility index (Phi) is 18.5. The van der Waals surface area contributed by atoms with Gasteiger partial charge in [0.15, 0.2) is 0 Å². The highest BCUT2D eigenvalue weighted by Gasteiger charge is 2.26. The molecule has 0 radical (unpaired) electrons. The fourth-order valence-corrected chi connectivity index (χ4v) is 4.00. The molecule has 0 saturated heterocycles. The van der Waals surface area contributed by atoms with Gasteiger partial charge >= 0.3 is 12.1 Å². The van der Waals surface area contributed by atoms with Crippen LogP contribution in [0, 0.1) is 0 Å². The molecular formula is C27H51N3O6. The molecule has 0 fully saturated rings. The number of primary amides is 1. The molecular weight excluding hydrogens is 462 g/mol. The van der Waals surface area contributed by atoms with Crippen LogP contribution < -0.4 is 16.4 Å². The summed E-state index contributed by atoms with van der Waals surface area (Å²) < 4.78 is 5.24. The number of alkyl carbamates (subject to hydrolysis) is 1. The molecule has 0 aromatic carbocycles. The van der Waals surface area contributed by atoms with E-state index in [9.17, 15) is 19.2 Å². The average Bonchev–Trinajstić information content (AvgIpc) is 2.74. The number of aliphatic carboxylic acids is 1. The predicted molar refractivity (Wildman–Crippen MR) is 141 cm³/mol. The Labute approximate surface area is 217 Å². The Morgan fingerprint density at radius 2 is 1.33 bits per heavy atom. The lowest BCUT2D eigenvalue weighted by atomic mass is 10.0. The van der Waals surface area contributed by atoms with Gasteiger partial charge in [-0.25, -0.2) is 4.79 Å². The molecule has 9 nitrogen and oxygen atoms in total. The van der Waals surface area contributed by atoms with E-state index in [-0.39, 0.29) is 25.7 Å². The Bertz CT molecular complexity index is 648. The second kappa shape index (κ2) is 19.8.